The van der Waals surface area contributed by atoms with Gasteiger partial charge >= 0.3 is 0 Å². The van der Waals surface area contributed by atoms with Crippen LogP contribution in [0, 0.1) is 6.92 Å². The van der Waals surface area contributed by atoms with Gasteiger partial charge in [0.05, 0.1) is 0 Å². The maximum absolute atomic E-state index is 11.2. The lowest BCUT2D eigenvalue weighted by atomic mass is 10.0. The molecule has 0 heterocycles. The summed E-state index contributed by atoms with van der Waals surface area (Å²) < 4.78 is 0. The summed E-state index contributed by atoms with van der Waals surface area (Å²) in [5, 5.41) is 2.36. The topological polar surface area (TPSA) is 17.1 Å². The highest BCUT2D eigenvalue weighted by Gasteiger charge is 2.01. The van der Waals surface area contributed by atoms with E-state index < -0.39 is 0 Å². The van der Waals surface area contributed by atoms with E-state index in [1.165, 1.54) is 10.9 Å². The average Bonchev–Trinajstić information content (AvgIpc) is 2.17. The Morgan fingerprint density at radius 1 is 1.14 bits per heavy atom. The number of carbonyl (C=O) groups is 1. The van der Waals surface area contributed by atoms with Gasteiger partial charge in [-0.2, -0.15) is 0 Å². The summed E-state index contributed by atoms with van der Waals surface area (Å²) >= 11 is 0. The average molecular weight is 184 g/mol. The van der Waals surface area contributed by atoms with Crippen LogP contribution in [0.15, 0.2) is 36.4 Å². The molecule has 2 aromatic rings. The lowest BCUT2D eigenvalue weighted by Crippen LogP contribution is -1.91. The van der Waals surface area contributed by atoms with Crippen LogP contribution in [0.5, 0.6) is 0 Å². The highest BCUT2D eigenvalue weighted by molar-refractivity contribution is 5.99. The lowest BCUT2D eigenvalue weighted by Gasteiger charge is -2.02. The lowest BCUT2D eigenvalue weighted by molar-refractivity contribution is 0.101. The molecule has 0 atom stereocenters. The van der Waals surface area contributed by atoms with Gasteiger partial charge in [0.2, 0.25) is 0 Å². The van der Waals surface area contributed by atoms with Gasteiger partial charge in [-0.15, -0.1) is 0 Å². The highest BCUT2D eigenvalue weighted by atomic mass is 16.1. The maximum Gasteiger partial charge on any atom is 0.159 e. The molecule has 0 saturated heterocycles. The fourth-order valence-electron chi connectivity index (χ4n) is 1.66. The van der Waals surface area contributed by atoms with E-state index in [0.29, 0.717) is 0 Å². The van der Waals surface area contributed by atoms with Gasteiger partial charge in [-0.3, -0.25) is 4.79 Å². The molecule has 70 valence electrons. The molecule has 14 heavy (non-hydrogen) atoms. The van der Waals surface area contributed by atoms with Crippen LogP contribution >= 0.6 is 0 Å². The van der Waals surface area contributed by atoms with Crippen molar-refractivity contribution < 1.29 is 4.79 Å². The third kappa shape index (κ3) is 1.41. The normalized spacial score (nSPS) is 10.4. The van der Waals surface area contributed by atoms with Crippen molar-refractivity contribution in [1.82, 2.24) is 0 Å². The number of benzene rings is 2. The van der Waals surface area contributed by atoms with Crippen LogP contribution in [-0.4, -0.2) is 5.78 Å². The predicted octanol–water partition coefficient (Wildman–Crippen LogP) is 3.35. The Morgan fingerprint density at radius 2 is 1.93 bits per heavy atom. The van der Waals surface area contributed by atoms with Crippen molar-refractivity contribution in [2.45, 2.75) is 13.8 Å². The molecule has 0 unspecified atom stereocenters. The Bertz CT molecular complexity index is 498. The SMILES string of the molecule is CC(=O)c1ccc2c(C)cccc2c1. The minimum absolute atomic E-state index is 0.119. The molecular formula is C13H12O. The first-order valence-electron chi connectivity index (χ1n) is 4.69. The van der Waals surface area contributed by atoms with Crippen molar-refractivity contribution in [2.24, 2.45) is 0 Å². The van der Waals surface area contributed by atoms with E-state index in [1.54, 1.807) is 6.92 Å². The number of hydrogen-bond donors (Lipinski definition) is 0. The van der Waals surface area contributed by atoms with E-state index in [9.17, 15) is 4.79 Å². The number of carbonyl (C=O) groups excluding carboxylic acids is 1. The standard InChI is InChI=1S/C13H12O/c1-9-4-3-5-12-8-11(10(2)14)6-7-13(9)12/h3-8H,1-2H3. The molecule has 1 heteroatoms. The summed E-state index contributed by atoms with van der Waals surface area (Å²) in [6, 6.07) is 12.0. The smallest absolute Gasteiger partial charge is 0.159 e. The summed E-state index contributed by atoms with van der Waals surface area (Å²) in [4.78, 5) is 11.2. The van der Waals surface area contributed by atoms with Crippen LogP contribution in [0.2, 0.25) is 0 Å². The van der Waals surface area contributed by atoms with Crippen molar-refractivity contribution in [3.05, 3.63) is 47.5 Å². The molecule has 2 rings (SSSR count). The van der Waals surface area contributed by atoms with Gasteiger partial charge in [-0.25, -0.2) is 0 Å². The molecule has 1 nitrogen and oxygen atoms in total. The van der Waals surface area contributed by atoms with Gasteiger partial charge < -0.3 is 0 Å². The van der Waals surface area contributed by atoms with Crippen molar-refractivity contribution in [3.63, 3.8) is 0 Å². The molecule has 0 radical (unpaired) electrons. The number of rotatable bonds is 1. The zero-order valence-electron chi connectivity index (χ0n) is 8.37. The second-order valence-corrected chi connectivity index (χ2v) is 3.57. The maximum atomic E-state index is 11.2. The van der Waals surface area contributed by atoms with Gasteiger partial charge in [0, 0.05) is 5.56 Å². The highest BCUT2D eigenvalue weighted by Crippen LogP contribution is 2.19. The molecule has 0 aromatic heterocycles. The Balaban J connectivity index is 2.73. The van der Waals surface area contributed by atoms with Gasteiger partial charge in [0.25, 0.3) is 0 Å². The first-order valence-corrected chi connectivity index (χ1v) is 4.69. The van der Waals surface area contributed by atoms with Crippen molar-refractivity contribution in [3.8, 4) is 0 Å². The first-order chi connectivity index (χ1) is 6.68. The minimum Gasteiger partial charge on any atom is -0.295 e. The molecule has 0 aliphatic rings. The van der Waals surface area contributed by atoms with E-state index in [2.05, 4.69) is 13.0 Å². The Kier molecular flexibility index (Phi) is 2.08. The molecule has 2 aromatic carbocycles. The fourth-order valence-corrected chi connectivity index (χ4v) is 1.66. The molecular weight excluding hydrogens is 172 g/mol. The fraction of sp³-hybridized carbons (Fsp3) is 0.154. The Hall–Kier alpha value is -1.63. The molecule has 0 saturated carbocycles. The van der Waals surface area contributed by atoms with Crippen LogP contribution in [0.3, 0.4) is 0 Å². The van der Waals surface area contributed by atoms with Crippen molar-refractivity contribution in [2.75, 3.05) is 0 Å². The third-order valence-electron chi connectivity index (χ3n) is 2.50. The predicted molar refractivity (Wildman–Crippen MR) is 58.7 cm³/mol. The third-order valence-corrected chi connectivity index (χ3v) is 2.50. The molecule has 0 N–H and O–H groups in total. The summed E-state index contributed by atoms with van der Waals surface area (Å²) in [7, 11) is 0. The summed E-state index contributed by atoms with van der Waals surface area (Å²) in [5.74, 6) is 0.119. The quantitative estimate of drug-likeness (QED) is 0.621. The Morgan fingerprint density at radius 3 is 2.64 bits per heavy atom. The van der Waals surface area contributed by atoms with E-state index >= 15 is 0 Å². The van der Waals surface area contributed by atoms with Gasteiger partial charge in [0.15, 0.2) is 5.78 Å². The van der Waals surface area contributed by atoms with Crippen LogP contribution in [0.1, 0.15) is 22.8 Å². The Labute approximate surface area is 83.4 Å². The number of ketones is 1. The number of aryl methyl sites for hydroxylation is 1. The van der Waals surface area contributed by atoms with Gasteiger partial charge in [-0.05, 0) is 36.2 Å². The van der Waals surface area contributed by atoms with E-state index in [0.717, 1.165) is 10.9 Å². The van der Waals surface area contributed by atoms with E-state index in [1.807, 2.05) is 30.3 Å². The minimum atomic E-state index is 0.119. The summed E-state index contributed by atoms with van der Waals surface area (Å²) in [5.41, 5.74) is 2.03. The zero-order valence-corrected chi connectivity index (χ0v) is 8.37. The van der Waals surface area contributed by atoms with Gasteiger partial charge in [0.1, 0.15) is 0 Å². The van der Waals surface area contributed by atoms with E-state index in [4.69, 9.17) is 0 Å². The molecule has 0 bridgehead atoms. The van der Waals surface area contributed by atoms with Gasteiger partial charge in [-0.1, -0.05) is 30.3 Å². The number of fused-ring (bicyclic) bond motifs is 1. The molecule has 0 fully saturated rings. The van der Waals surface area contributed by atoms with Crippen LogP contribution in [0.4, 0.5) is 0 Å². The summed E-state index contributed by atoms with van der Waals surface area (Å²) in [6.45, 7) is 3.67. The van der Waals surface area contributed by atoms with Crippen LogP contribution in [-0.2, 0) is 0 Å². The number of hydrogen-bond acceptors (Lipinski definition) is 1. The molecule has 0 amide bonds. The largest absolute Gasteiger partial charge is 0.295 e. The first kappa shape index (κ1) is 8.95. The molecule has 0 aliphatic carbocycles. The van der Waals surface area contributed by atoms with Crippen molar-refractivity contribution >= 4 is 16.6 Å². The number of Topliss-reactive ketones (excluding diaryl/α,β-unsaturated/α-hetero) is 1. The van der Waals surface area contributed by atoms with Crippen LogP contribution in [0.25, 0.3) is 10.8 Å². The second kappa shape index (κ2) is 3.26. The molecule has 0 spiro atoms. The van der Waals surface area contributed by atoms with Crippen molar-refractivity contribution in [1.29, 1.82) is 0 Å². The summed E-state index contributed by atoms with van der Waals surface area (Å²) in [6.07, 6.45) is 0. The van der Waals surface area contributed by atoms with Crippen LogP contribution < -0.4 is 0 Å². The second-order valence-electron chi connectivity index (χ2n) is 3.57. The molecule has 0 aliphatic heterocycles. The van der Waals surface area contributed by atoms with E-state index in [-0.39, 0.29) is 5.78 Å². The zero-order chi connectivity index (χ0) is 10.1. The monoisotopic (exact) mass is 184 g/mol.